The summed E-state index contributed by atoms with van der Waals surface area (Å²) >= 11 is 2.03. The summed E-state index contributed by atoms with van der Waals surface area (Å²) in [4.78, 5) is 21.3. The van der Waals surface area contributed by atoms with Crippen LogP contribution in [0.15, 0.2) is 24.4 Å². The zero-order valence-corrected chi connectivity index (χ0v) is 15.3. The van der Waals surface area contributed by atoms with E-state index in [1.165, 1.54) is 12.2 Å². The maximum absolute atomic E-state index is 12.6. The number of carbonyl (C=O) groups excluding carboxylic acids is 1. The molecule has 5 nitrogen and oxygen atoms in total. The minimum absolute atomic E-state index is 0.116. The van der Waals surface area contributed by atoms with Gasteiger partial charge in [0, 0.05) is 43.7 Å². The van der Waals surface area contributed by atoms with E-state index in [-0.39, 0.29) is 6.03 Å². The zero-order valence-electron chi connectivity index (χ0n) is 14.5. The number of hydrogen-bond donors (Lipinski definition) is 1. The van der Waals surface area contributed by atoms with Crippen molar-refractivity contribution in [2.24, 2.45) is 0 Å². The van der Waals surface area contributed by atoms with Gasteiger partial charge in [-0.25, -0.2) is 9.78 Å². The molecule has 2 amide bonds. The number of amides is 2. The van der Waals surface area contributed by atoms with Gasteiger partial charge in [-0.05, 0) is 43.6 Å². The second-order valence-electron chi connectivity index (χ2n) is 6.55. The van der Waals surface area contributed by atoms with Crippen LogP contribution >= 0.6 is 11.8 Å². The average molecular weight is 349 g/mol. The fourth-order valence-electron chi connectivity index (χ4n) is 3.61. The summed E-state index contributed by atoms with van der Waals surface area (Å²) < 4.78 is 0. The molecule has 2 atom stereocenters. The monoisotopic (exact) mass is 348 g/mol. The molecule has 1 saturated heterocycles. The van der Waals surface area contributed by atoms with Crippen molar-refractivity contribution >= 4 is 23.6 Å². The second kappa shape index (κ2) is 8.60. The number of rotatable bonds is 4. The van der Waals surface area contributed by atoms with E-state index in [1.54, 1.807) is 0 Å². The Bertz CT molecular complexity index is 527. The first kappa shape index (κ1) is 17.4. The summed E-state index contributed by atoms with van der Waals surface area (Å²) in [6.45, 7) is 5.61. The molecule has 0 aromatic carbocycles. The molecule has 0 unspecified atom stereocenters. The van der Waals surface area contributed by atoms with E-state index >= 15 is 0 Å². The number of thioether (sulfide) groups is 1. The Kier molecular flexibility index (Phi) is 6.24. The van der Waals surface area contributed by atoms with Crippen LogP contribution in [-0.2, 0) is 0 Å². The van der Waals surface area contributed by atoms with Crippen molar-refractivity contribution in [3.63, 3.8) is 0 Å². The highest BCUT2D eigenvalue weighted by Gasteiger charge is 2.28. The molecule has 6 heteroatoms. The quantitative estimate of drug-likeness (QED) is 0.909. The zero-order chi connectivity index (χ0) is 16.8. The number of carbonyl (C=O) groups is 1. The highest BCUT2D eigenvalue weighted by molar-refractivity contribution is 7.99. The van der Waals surface area contributed by atoms with Crippen molar-refractivity contribution in [3.05, 3.63) is 24.4 Å². The van der Waals surface area contributed by atoms with Crippen LogP contribution in [0.5, 0.6) is 0 Å². The Morgan fingerprint density at radius 2 is 2.21 bits per heavy atom. The van der Waals surface area contributed by atoms with Gasteiger partial charge in [0.1, 0.15) is 5.82 Å². The van der Waals surface area contributed by atoms with Gasteiger partial charge in [0.15, 0.2) is 0 Å². The minimum Gasteiger partial charge on any atom is -0.355 e. The maximum Gasteiger partial charge on any atom is 0.317 e. The Morgan fingerprint density at radius 1 is 1.29 bits per heavy atom. The molecule has 1 aromatic rings. The van der Waals surface area contributed by atoms with E-state index in [2.05, 4.69) is 22.1 Å². The standard InChI is InChI=1S/C18H28N4OS/c1-2-24-16-8-7-15(14-16)20-18(23)22-11-5-10-21(12-13-22)17-6-3-4-9-19-17/h3-4,6,9,15-16H,2,5,7-8,10-14H2,1H3,(H,20,23)/t15-,16+/m1/s1. The normalized spacial score (nSPS) is 24.7. The topological polar surface area (TPSA) is 48.5 Å². The number of urea groups is 1. The predicted molar refractivity (Wildman–Crippen MR) is 101 cm³/mol. The number of anilines is 1. The summed E-state index contributed by atoms with van der Waals surface area (Å²) in [7, 11) is 0. The number of nitrogens with one attached hydrogen (secondary N) is 1. The van der Waals surface area contributed by atoms with E-state index in [4.69, 9.17) is 0 Å². The second-order valence-corrected chi connectivity index (χ2v) is 8.13. The van der Waals surface area contributed by atoms with Gasteiger partial charge >= 0.3 is 6.03 Å². The van der Waals surface area contributed by atoms with Gasteiger partial charge in [0.25, 0.3) is 0 Å². The molecule has 1 aromatic heterocycles. The molecule has 1 N–H and O–H groups in total. The van der Waals surface area contributed by atoms with Crippen LogP contribution in [0.1, 0.15) is 32.6 Å². The van der Waals surface area contributed by atoms with E-state index in [0.29, 0.717) is 6.04 Å². The summed E-state index contributed by atoms with van der Waals surface area (Å²) in [6, 6.07) is 6.47. The van der Waals surface area contributed by atoms with Crippen molar-refractivity contribution in [3.8, 4) is 0 Å². The van der Waals surface area contributed by atoms with Gasteiger partial charge in [-0.3, -0.25) is 0 Å². The first-order chi connectivity index (χ1) is 11.8. The summed E-state index contributed by atoms with van der Waals surface area (Å²) in [5.41, 5.74) is 0. The van der Waals surface area contributed by atoms with Crippen LogP contribution in [0.4, 0.5) is 10.6 Å². The van der Waals surface area contributed by atoms with Gasteiger partial charge in [-0.2, -0.15) is 11.8 Å². The first-order valence-corrected chi connectivity index (χ1v) is 10.1. The molecule has 3 rings (SSSR count). The molecule has 24 heavy (non-hydrogen) atoms. The Labute approximate surface area is 149 Å². The lowest BCUT2D eigenvalue weighted by molar-refractivity contribution is 0.197. The lowest BCUT2D eigenvalue weighted by Crippen LogP contribution is -2.45. The lowest BCUT2D eigenvalue weighted by Gasteiger charge is -2.24. The Morgan fingerprint density at radius 3 is 3.00 bits per heavy atom. The molecule has 0 spiro atoms. The summed E-state index contributed by atoms with van der Waals surface area (Å²) in [6.07, 6.45) is 6.30. The van der Waals surface area contributed by atoms with Crippen molar-refractivity contribution in [2.75, 3.05) is 36.8 Å². The molecule has 0 radical (unpaired) electrons. The molecular weight excluding hydrogens is 320 g/mol. The molecule has 1 aliphatic carbocycles. The third-order valence-corrected chi connectivity index (χ3v) is 6.10. The van der Waals surface area contributed by atoms with Gasteiger partial charge in [-0.15, -0.1) is 0 Å². The van der Waals surface area contributed by atoms with Crippen molar-refractivity contribution in [1.82, 2.24) is 15.2 Å². The molecule has 132 valence electrons. The van der Waals surface area contributed by atoms with Gasteiger partial charge < -0.3 is 15.1 Å². The van der Waals surface area contributed by atoms with E-state index in [9.17, 15) is 4.79 Å². The van der Waals surface area contributed by atoms with Crippen LogP contribution < -0.4 is 10.2 Å². The molecule has 2 fully saturated rings. The van der Waals surface area contributed by atoms with Crippen LogP contribution in [-0.4, -0.2) is 59.1 Å². The molecule has 1 saturated carbocycles. The highest BCUT2D eigenvalue weighted by atomic mass is 32.2. The van der Waals surface area contributed by atoms with Crippen LogP contribution in [0, 0.1) is 0 Å². The van der Waals surface area contributed by atoms with Crippen LogP contribution in [0.25, 0.3) is 0 Å². The predicted octanol–water partition coefficient (Wildman–Crippen LogP) is 2.98. The minimum atomic E-state index is 0.116. The average Bonchev–Trinajstić information content (AvgIpc) is 2.89. The van der Waals surface area contributed by atoms with Crippen molar-refractivity contribution in [1.29, 1.82) is 0 Å². The molecule has 2 heterocycles. The number of pyridine rings is 1. The first-order valence-electron chi connectivity index (χ1n) is 9.09. The van der Waals surface area contributed by atoms with Gasteiger partial charge in [0.2, 0.25) is 0 Å². The SMILES string of the molecule is CCS[C@H]1CC[C@@H](NC(=O)N2CCCN(c3ccccn3)CC2)C1. The van der Waals surface area contributed by atoms with Crippen LogP contribution in [0.2, 0.25) is 0 Å². The lowest BCUT2D eigenvalue weighted by atomic mass is 10.2. The third-order valence-electron chi connectivity index (χ3n) is 4.87. The van der Waals surface area contributed by atoms with Crippen molar-refractivity contribution in [2.45, 2.75) is 43.9 Å². The molecule has 1 aliphatic heterocycles. The fraction of sp³-hybridized carbons (Fsp3) is 0.667. The van der Waals surface area contributed by atoms with E-state index in [1.807, 2.05) is 41.1 Å². The number of nitrogens with zero attached hydrogens (tertiary/aromatic N) is 3. The summed E-state index contributed by atoms with van der Waals surface area (Å²) in [5, 5.41) is 3.98. The smallest absolute Gasteiger partial charge is 0.317 e. The van der Waals surface area contributed by atoms with E-state index in [0.717, 1.165) is 56.5 Å². The largest absolute Gasteiger partial charge is 0.355 e. The van der Waals surface area contributed by atoms with Crippen LogP contribution in [0.3, 0.4) is 0 Å². The van der Waals surface area contributed by atoms with Gasteiger partial charge in [-0.1, -0.05) is 13.0 Å². The Balaban J connectivity index is 1.48. The highest BCUT2D eigenvalue weighted by Crippen LogP contribution is 2.29. The van der Waals surface area contributed by atoms with E-state index < -0.39 is 0 Å². The molecule has 2 aliphatic rings. The van der Waals surface area contributed by atoms with Crippen molar-refractivity contribution < 1.29 is 4.79 Å². The molecular formula is C18H28N4OS. The summed E-state index contributed by atoms with van der Waals surface area (Å²) in [5.74, 6) is 2.18. The fourth-order valence-corrected chi connectivity index (χ4v) is 4.76. The Hall–Kier alpha value is -1.43. The molecule has 0 bridgehead atoms. The third kappa shape index (κ3) is 4.56. The number of hydrogen-bond acceptors (Lipinski definition) is 4. The van der Waals surface area contributed by atoms with Gasteiger partial charge in [0.05, 0.1) is 0 Å². The number of aromatic nitrogens is 1. The maximum atomic E-state index is 12.6.